The molecule has 2 aromatic carbocycles. The average Bonchev–Trinajstić information content (AvgIpc) is 2.78. The molecule has 1 heterocycles. The van der Waals surface area contributed by atoms with E-state index in [2.05, 4.69) is 17.4 Å². The molecule has 0 atom stereocenters. The molecule has 0 unspecified atom stereocenters. The van der Waals surface area contributed by atoms with Crippen molar-refractivity contribution in [2.75, 3.05) is 19.6 Å². The molecule has 1 N–H and O–H groups in total. The Hall–Kier alpha value is -2.88. The number of amides is 2. The maximum absolute atomic E-state index is 13.3. The SMILES string of the molecule is C/C=C/C(=O)N1CCC(C(=O)NCCCc2ccccc2)(c2ccccc2)CC1. The first-order valence-corrected chi connectivity index (χ1v) is 10.4. The molecule has 4 nitrogen and oxygen atoms in total. The molecule has 0 spiro atoms. The number of likely N-dealkylation sites (tertiary alicyclic amines) is 1. The third-order valence-electron chi connectivity index (χ3n) is 5.77. The third kappa shape index (κ3) is 5.14. The molecule has 1 aliphatic rings. The van der Waals surface area contributed by atoms with E-state index >= 15 is 0 Å². The van der Waals surface area contributed by atoms with Gasteiger partial charge >= 0.3 is 0 Å². The maximum atomic E-state index is 13.3. The van der Waals surface area contributed by atoms with Gasteiger partial charge in [0.25, 0.3) is 0 Å². The maximum Gasteiger partial charge on any atom is 0.246 e. The minimum Gasteiger partial charge on any atom is -0.355 e. The molecule has 0 aliphatic carbocycles. The van der Waals surface area contributed by atoms with Gasteiger partial charge in [0.2, 0.25) is 11.8 Å². The number of allylic oxidation sites excluding steroid dienone is 1. The summed E-state index contributed by atoms with van der Waals surface area (Å²) in [6.45, 7) is 3.69. The summed E-state index contributed by atoms with van der Waals surface area (Å²) in [6, 6.07) is 20.3. The third-order valence-corrected chi connectivity index (χ3v) is 5.77. The van der Waals surface area contributed by atoms with Gasteiger partial charge in [0, 0.05) is 19.6 Å². The highest BCUT2D eigenvalue weighted by molar-refractivity contribution is 5.90. The van der Waals surface area contributed by atoms with Crippen molar-refractivity contribution in [1.82, 2.24) is 10.2 Å². The monoisotopic (exact) mass is 390 g/mol. The Morgan fingerprint density at radius 2 is 1.62 bits per heavy atom. The summed E-state index contributed by atoms with van der Waals surface area (Å²) in [5.41, 5.74) is 1.76. The molecule has 2 amide bonds. The minimum absolute atomic E-state index is 0.0254. The lowest BCUT2D eigenvalue weighted by molar-refractivity contribution is -0.133. The lowest BCUT2D eigenvalue weighted by Crippen LogP contribution is -2.52. The molecule has 1 aliphatic heterocycles. The summed E-state index contributed by atoms with van der Waals surface area (Å²) in [5, 5.41) is 3.17. The zero-order chi connectivity index (χ0) is 20.5. The van der Waals surface area contributed by atoms with Crippen LogP contribution in [0.4, 0.5) is 0 Å². The van der Waals surface area contributed by atoms with E-state index in [4.69, 9.17) is 0 Å². The number of nitrogens with zero attached hydrogens (tertiary/aromatic N) is 1. The van der Waals surface area contributed by atoms with E-state index in [1.165, 1.54) is 5.56 Å². The second kappa shape index (κ2) is 10.1. The minimum atomic E-state index is -0.569. The van der Waals surface area contributed by atoms with Crippen molar-refractivity contribution in [2.45, 2.75) is 38.0 Å². The van der Waals surface area contributed by atoms with Crippen molar-refractivity contribution in [3.8, 4) is 0 Å². The lowest BCUT2D eigenvalue weighted by Gasteiger charge is -2.40. The van der Waals surface area contributed by atoms with Gasteiger partial charge in [-0.2, -0.15) is 0 Å². The Labute approximate surface area is 173 Å². The highest BCUT2D eigenvalue weighted by Gasteiger charge is 2.43. The molecule has 0 bridgehead atoms. The highest BCUT2D eigenvalue weighted by Crippen LogP contribution is 2.36. The van der Waals surface area contributed by atoms with Crippen LogP contribution in [0.1, 0.15) is 37.3 Å². The quantitative estimate of drug-likeness (QED) is 0.576. The van der Waals surface area contributed by atoms with Crippen molar-refractivity contribution < 1.29 is 9.59 Å². The summed E-state index contributed by atoms with van der Waals surface area (Å²) in [6.07, 6.45) is 6.51. The topological polar surface area (TPSA) is 49.4 Å². The highest BCUT2D eigenvalue weighted by atomic mass is 16.2. The summed E-state index contributed by atoms with van der Waals surface area (Å²) in [4.78, 5) is 27.3. The van der Waals surface area contributed by atoms with Crippen LogP contribution in [0.3, 0.4) is 0 Å². The summed E-state index contributed by atoms with van der Waals surface area (Å²) in [5.74, 6) is 0.104. The van der Waals surface area contributed by atoms with E-state index in [1.54, 1.807) is 12.2 Å². The standard InChI is InChI=1S/C25H30N2O2/c1-2-10-23(28)27-19-16-25(17-20-27,22-14-7-4-8-15-22)24(29)26-18-9-13-21-11-5-3-6-12-21/h2-8,10-12,14-15H,9,13,16-20H2,1H3,(H,26,29)/b10-2+. The van der Waals surface area contributed by atoms with Gasteiger partial charge in [-0.1, -0.05) is 66.7 Å². The Balaban J connectivity index is 1.65. The predicted octanol–water partition coefficient (Wildman–Crippen LogP) is 3.87. The van der Waals surface area contributed by atoms with Crippen molar-refractivity contribution in [1.29, 1.82) is 0 Å². The summed E-state index contributed by atoms with van der Waals surface area (Å²) in [7, 11) is 0. The van der Waals surface area contributed by atoms with E-state index in [-0.39, 0.29) is 11.8 Å². The fourth-order valence-corrected chi connectivity index (χ4v) is 4.07. The number of piperidine rings is 1. The summed E-state index contributed by atoms with van der Waals surface area (Å²) >= 11 is 0. The molecule has 29 heavy (non-hydrogen) atoms. The van der Waals surface area contributed by atoms with Gasteiger partial charge in [0.15, 0.2) is 0 Å². The Morgan fingerprint density at radius 1 is 1.00 bits per heavy atom. The Bertz CT molecular complexity index is 822. The fraction of sp³-hybridized carbons (Fsp3) is 0.360. The molecule has 3 rings (SSSR count). The average molecular weight is 391 g/mol. The van der Waals surface area contributed by atoms with E-state index in [1.807, 2.05) is 60.4 Å². The van der Waals surface area contributed by atoms with Gasteiger partial charge in [0.05, 0.1) is 5.41 Å². The molecule has 152 valence electrons. The number of hydrogen-bond acceptors (Lipinski definition) is 2. The molecule has 0 radical (unpaired) electrons. The Kier molecular flexibility index (Phi) is 7.23. The first-order chi connectivity index (χ1) is 14.2. The molecule has 0 aromatic heterocycles. The zero-order valence-corrected chi connectivity index (χ0v) is 17.1. The first-order valence-electron chi connectivity index (χ1n) is 10.4. The smallest absolute Gasteiger partial charge is 0.246 e. The van der Waals surface area contributed by atoms with Crippen molar-refractivity contribution >= 4 is 11.8 Å². The predicted molar refractivity (Wildman–Crippen MR) is 117 cm³/mol. The van der Waals surface area contributed by atoms with Crippen LogP contribution in [-0.4, -0.2) is 36.3 Å². The van der Waals surface area contributed by atoms with Crippen LogP contribution in [0.2, 0.25) is 0 Å². The van der Waals surface area contributed by atoms with Crippen LogP contribution >= 0.6 is 0 Å². The second-order valence-electron chi connectivity index (χ2n) is 7.62. The van der Waals surface area contributed by atoms with Gasteiger partial charge in [-0.3, -0.25) is 9.59 Å². The normalized spacial score (nSPS) is 16.0. The number of benzene rings is 2. The van der Waals surface area contributed by atoms with Crippen molar-refractivity contribution in [3.05, 3.63) is 83.9 Å². The molecule has 2 aromatic rings. The van der Waals surface area contributed by atoms with E-state index in [9.17, 15) is 9.59 Å². The van der Waals surface area contributed by atoms with Gasteiger partial charge < -0.3 is 10.2 Å². The number of rotatable bonds is 7. The van der Waals surface area contributed by atoms with E-state index < -0.39 is 5.41 Å². The van der Waals surface area contributed by atoms with E-state index in [0.717, 1.165) is 18.4 Å². The van der Waals surface area contributed by atoms with Crippen LogP contribution in [0, 0.1) is 0 Å². The molecular formula is C25H30N2O2. The Morgan fingerprint density at radius 3 is 2.24 bits per heavy atom. The van der Waals surface area contributed by atoms with Crippen molar-refractivity contribution in [3.63, 3.8) is 0 Å². The van der Waals surface area contributed by atoms with Crippen molar-refractivity contribution in [2.24, 2.45) is 0 Å². The van der Waals surface area contributed by atoms with Gasteiger partial charge in [0.1, 0.15) is 0 Å². The first kappa shape index (κ1) is 20.8. The van der Waals surface area contributed by atoms with Crippen LogP contribution in [0.25, 0.3) is 0 Å². The number of nitrogens with one attached hydrogen (secondary N) is 1. The summed E-state index contributed by atoms with van der Waals surface area (Å²) < 4.78 is 0. The zero-order valence-electron chi connectivity index (χ0n) is 17.1. The molecule has 0 saturated carbocycles. The lowest BCUT2D eigenvalue weighted by atomic mass is 9.72. The fourth-order valence-electron chi connectivity index (χ4n) is 4.07. The number of hydrogen-bond donors (Lipinski definition) is 1. The van der Waals surface area contributed by atoms with Crippen LogP contribution in [0.5, 0.6) is 0 Å². The van der Waals surface area contributed by atoms with Gasteiger partial charge in [-0.05, 0) is 49.8 Å². The largest absolute Gasteiger partial charge is 0.355 e. The van der Waals surface area contributed by atoms with E-state index in [0.29, 0.717) is 32.5 Å². The van der Waals surface area contributed by atoms with Crippen LogP contribution < -0.4 is 5.32 Å². The van der Waals surface area contributed by atoms with Gasteiger partial charge in [-0.15, -0.1) is 0 Å². The molecule has 1 fully saturated rings. The molecule has 1 saturated heterocycles. The van der Waals surface area contributed by atoms with Gasteiger partial charge in [-0.25, -0.2) is 0 Å². The molecule has 4 heteroatoms. The van der Waals surface area contributed by atoms with Crippen LogP contribution in [-0.2, 0) is 21.4 Å². The molecular weight excluding hydrogens is 360 g/mol. The number of aryl methyl sites for hydroxylation is 1. The van der Waals surface area contributed by atoms with Crippen LogP contribution in [0.15, 0.2) is 72.8 Å². The number of carbonyl (C=O) groups is 2. The second-order valence-corrected chi connectivity index (χ2v) is 7.62. The number of carbonyl (C=O) groups excluding carboxylic acids is 2.